The Morgan fingerprint density at radius 2 is 2.00 bits per heavy atom. The number of allylic oxidation sites excluding steroid dienone is 2. The predicted octanol–water partition coefficient (Wildman–Crippen LogP) is 4.02. The molecule has 1 saturated carbocycles. The molecular weight excluding hydrogens is 196 g/mol. The van der Waals surface area contributed by atoms with Gasteiger partial charge < -0.3 is 4.74 Å². The van der Waals surface area contributed by atoms with Crippen LogP contribution < -0.4 is 0 Å². The summed E-state index contributed by atoms with van der Waals surface area (Å²) < 4.78 is 6.10. The summed E-state index contributed by atoms with van der Waals surface area (Å²) in [6.45, 7) is 16.8. The fourth-order valence-corrected chi connectivity index (χ4v) is 2.98. The first-order chi connectivity index (χ1) is 7.25. The molecule has 2 aliphatic rings. The molecule has 1 aliphatic heterocycles. The molecule has 0 spiro atoms. The van der Waals surface area contributed by atoms with Crippen LogP contribution in [-0.2, 0) is 4.74 Å². The van der Waals surface area contributed by atoms with Gasteiger partial charge in [0.25, 0.3) is 0 Å². The third-order valence-electron chi connectivity index (χ3n) is 4.37. The van der Waals surface area contributed by atoms with E-state index in [0.29, 0.717) is 0 Å². The highest BCUT2D eigenvalue weighted by Crippen LogP contribution is 2.67. The molecule has 2 rings (SSSR count). The highest BCUT2D eigenvalue weighted by Gasteiger charge is 2.74. The Bertz CT molecular complexity index is 388. The minimum atomic E-state index is -0.158. The third kappa shape index (κ3) is 1.27. The molecule has 16 heavy (non-hydrogen) atoms. The van der Waals surface area contributed by atoms with Crippen LogP contribution in [0.2, 0.25) is 0 Å². The minimum Gasteiger partial charge on any atom is -0.353 e. The monoisotopic (exact) mass is 218 g/mol. The van der Waals surface area contributed by atoms with E-state index in [0.717, 1.165) is 18.4 Å². The maximum Gasteiger partial charge on any atom is 0.125 e. The highest BCUT2D eigenvalue weighted by atomic mass is 16.6. The molecule has 0 aromatic rings. The average molecular weight is 218 g/mol. The van der Waals surface area contributed by atoms with E-state index >= 15 is 0 Å². The molecule has 1 heterocycles. The lowest BCUT2D eigenvalue weighted by molar-refractivity contribution is 0.169. The molecule has 0 amide bonds. The predicted molar refractivity (Wildman–Crippen MR) is 68.3 cm³/mol. The van der Waals surface area contributed by atoms with Gasteiger partial charge in [-0.2, -0.15) is 0 Å². The summed E-state index contributed by atoms with van der Waals surface area (Å²) in [5.74, 6) is 0. The smallest absolute Gasteiger partial charge is 0.125 e. The molecule has 1 nitrogen and oxygen atoms in total. The van der Waals surface area contributed by atoms with E-state index < -0.39 is 0 Å². The maximum atomic E-state index is 6.10. The number of epoxide rings is 1. The van der Waals surface area contributed by atoms with Gasteiger partial charge in [0.1, 0.15) is 11.2 Å². The minimum absolute atomic E-state index is 0.152. The largest absolute Gasteiger partial charge is 0.353 e. The van der Waals surface area contributed by atoms with Gasteiger partial charge in [0.15, 0.2) is 0 Å². The van der Waals surface area contributed by atoms with E-state index in [9.17, 15) is 0 Å². The van der Waals surface area contributed by atoms with E-state index in [1.54, 1.807) is 0 Å². The van der Waals surface area contributed by atoms with Crippen LogP contribution in [0, 0.1) is 5.41 Å². The zero-order chi connectivity index (χ0) is 12.2. The number of ether oxygens (including phenoxy) is 1. The van der Waals surface area contributed by atoms with E-state index in [1.807, 2.05) is 6.92 Å². The van der Waals surface area contributed by atoms with Crippen molar-refractivity contribution < 1.29 is 4.74 Å². The summed E-state index contributed by atoms with van der Waals surface area (Å²) in [7, 11) is 0. The second kappa shape index (κ2) is 3.10. The molecule has 2 unspecified atom stereocenters. The summed E-state index contributed by atoms with van der Waals surface area (Å²) in [5, 5.41) is 0. The van der Waals surface area contributed by atoms with Gasteiger partial charge in [0, 0.05) is 5.41 Å². The van der Waals surface area contributed by atoms with Gasteiger partial charge in [-0.1, -0.05) is 38.7 Å². The van der Waals surface area contributed by atoms with Crippen LogP contribution in [0.25, 0.3) is 0 Å². The summed E-state index contributed by atoms with van der Waals surface area (Å²) >= 11 is 0. The first kappa shape index (κ1) is 11.7. The average Bonchev–Trinajstić information content (AvgIpc) is 2.81. The van der Waals surface area contributed by atoms with E-state index in [-0.39, 0.29) is 16.6 Å². The molecule has 0 bridgehead atoms. The van der Waals surface area contributed by atoms with Crippen LogP contribution in [-0.4, -0.2) is 11.2 Å². The molecule has 0 aromatic carbocycles. The van der Waals surface area contributed by atoms with Crippen LogP contribution >= 0.6 is 0 Å². The lowest BCUT2D eigenvalue weighted by atomic mass is 9.62. The van der Waals surface area contributed by atoms with Crippen molar-refractivity contribution in [2.45, 2.75) is 51.7 Å². The van der Waals surface area contributed by atoms with Gasteiger partial charge in [-0.05, 0) is 38.3 Å². The van der Waals surface area contributed by atoms with Gasteiger partial charge >= 0.3 is 0 Å². The molecule has 2 atom stereocenters. The maximum absolute atomic E-state index is 6.10. The van der Waals surface area contributed by atoms with Gasteiger partial charge in [0.05, 0.1) is 0 Å². The van der Waals surface area contributed by atoms with Crippen molar-refractivity contribution in [3.05, 3.63) is 36.5 Å². The van der Waals surface area contributed by atoms with Crippen molar-refractivity contribution in [1.82, 2.24) is 0 Å². The molecule has 88 valence electrons. The second-order valence-corrected chi connectivity index (χ2v) is 6.04. The lowest BCUT2D eigenvalue weighted by Crippen LogP contribution is -2.42. The first-order valence-corrected chi connectivity index (χ1v) is 5.98. The van der Waals surface area contributed by atoms with Crippen molar-refractivity contribution in [3.8, 4) is 0 Å². The molecular formula is C15H22O. The quantitative estimate of drug-likeness (QED) is 0.387. The number of hydrogen-bond acceptors (Lipinski definition) is 1. The standard InChI is InChI=1S/C15H22O/c1-11(2)7-10-15-13(4,5)9-8-12(3)14(15,6)16-15/h7,10H,1,3,8-9H2,2,4-6H3/b10-7+. The summed E-state index contributed by atoms with van der Waals surface area (Å²) in [5.41, 5.74) is 2.17. The summed E-state index contributed by atoms with van der Waals surface area (Å²) in [6, 6.07) is 0. The van der Waals surface area contributed by atoms with E-state index in [4.69, 9.17) is 4.74 Å². The Labute approximate surface area is 98.9 Å². The topological polar surface area (TPSA) is 12.5 Å². The van der Waals surface area contributed by atoms with E-state index in [2.05, 4.69) is 46.1 Å². The van der Waals surface area contributed by atoms with Crippen molar-refractivity contribution in [2.75, 3.05) is 0 Å². The van der Waals surface area contributed by atoms with Crippen LogP contribution in [0.4, 0.5) is 0 Å². The van der Waals surface area contributed by atoms with Crippen LogP contribution in [0.1, 0.15) is 40.5 Å². The third-order valence-corrected chi connectivity index (χ3v) is 4.37. The molecule has 1 heteroatoms. The number of fused-ring (bicyclic) bond motifs is 1. The molecule has 2 fully saturated rings. The van der Waals surface area contributed by atoms with Gasteiger partial charge in [0.2, 0.25) is 0 Å². The van der Waals surface area contributed by atoms with Crippen molar-refractivity contribution in [3.63, 3.8) is 0 Å². The van der Waals surface area contributed by atoms with Crippen LogP contribution in [0.5, 0.6) is 0 Å². The highest BCUT2D eigenvalue weighted by molar-refractivity contribution is 5.43. The molecule has 1 saturated heterocycles. The van der Waals surface area contributed by atoms with Crippen molar-refractivity contribution in [1.29, 1.82) is 0 Å². The first-order valence-electron chi connectivity index (χ1n) is 5.98. The fraction of sp³-hybridized carbons (Fsp3) is 0.600. The van der Waals surface area contributed by atoms with Gasteiger partial charge in [-0.3, -0.25) is 0 Å². The molecule has 0 aromatic heterocycles. The number of hydrogen-bond donors (Lipinski definition) is 0. The Kier molecular flexibility index (Phi) is 2.26. The van der Waals surface area contributed by atoms with Crippen molar-refractivity contribution in [2.24, 2.45) is 5.41 Å². The normalized spacial score (nSPS) is 40.9. The summed E-state index contributed by atoms with van der Waals surface area (Å²) in [6.07, 6.45) is 6.49. The second-order valence-electron chi connectivity index (χ2n) is 6.04. The lowest BCUT2D eigenvalue weighted by Gasteiger charge is -2.37. The number of rotatable bonds is 2. The zero-order valence-corrected chi connectivity index (χ0v) is 10.9. The van der Waals surface area contributed by atoms with E-state index in [1.165, 1.54) is 5.57 Å². The van der Waals surface area contributed by atoms with Gasteiger partial charge in [-0.25, -0.2) is 0 Å². The molecule has 0 N–H and O–H groups in total. The van der Waals surface area contributed by atoms with Crippen LogP contribution in [0.3, 0.4) is 0 Å². The molecule has 1 aliphatic carbocycles. The van der Waals surface area contributed by atoms with Crippen molar-refractivity contribution >= 4 is 0 Å². The summed E-state index contributed by atoms with van der Waals surface area (Å²) in [4.78, 5) is 0. The van der Waals surface area contributed by atoms with Gasteiger partial charge in [-0.15, -0.1) is 0 Å². The SMILES string of the molecule is C=C(C)/C=C/C12OC1(C)C(=C)CCC2(C)C. The zero-order valence-electron chi connectivity index (χ0n) is 10.9. The molecule has 0 radical (unpaired) electrons. The Balaban J connectivity index is 2.38. The van der Waals surface area contributed by atoms with Crippen LogP contribution in [0.15, 0.2) is 36.5 Å². The fourth-order valence-electron chi connectivity index (χ4n) is 2.98. The Morgan fingerprint density at radius 3 is 2.56 bits per heavy atom. The Morgan fingerprint density at radius 1 is 1.38 bits per heavy atom. The Hall–Kier alpha value is -0.820.